The van der Waals surface area contributed by atoms with Gasteiger partial charge in [0, 0.05) is 38.0 Å². The molecule has 1 aromatic carbocycles. The molecule has 1 amide bonds. The number of nitrogens with one attached hydrogen (secondary N) is 2. The maximum atomic E-state index is 12.1. The highest BCUT2D eigenvalue weighted by Gasteiger charge is 2.28. The molecule has 28 heavy (non-hydrogen) atoms. The first-order valence-electron chi connectivity index (χ1n) is 9.91. The van der Waals surface area contributed by atoms with Crippen molar-refractivity contribution in [2.24, 2.45) is 5.92 Å². The van der Waals surface area contributed by atoms with Gasteiger partial charge in [-0.15, -0.1) is 0 Å². The van der Waals surface area contributed by atoms with Gasteiger partial charge in [-0.25, -0.2) is 0 Å². The smallest absolute Gasteiger partial charge is 0.251 e. The van der Waals surface area contributed by atoms with E-state index in [4.69, 9.17) is 4.74 Å². The lowest BCUT2D eigenvalue weighted by molar-refractivity contribution is -0.116. The van der Waals surface area contributed by atoms with Crippen molar-refractivity contribution in [2.75, 3.05) is 40.3 Å². The molecule has 1 fully saturated rings. The van der Waals surface area contributed by atoms with Gasteiger partial charge in [-0.1, -0.05) is 24.8 Å². The van der Waals surface area contributed by atoms with Crippen LogP contribution in [0.25, 0.3) is 0 Å². The Bertz CT molecular complexity index is 780. The fraction of sp³-hybridized carbons (Fsp3) is 0.435. The van der Waals surface area contributed by atoms with Gasteiger partial charge >= 0.3 is 0 Å². The van der Waals surface area contributed by atoms with Crippen LogP contribution in [0.1, 0.15) is 24.8 Å². The molecule has 5 heteroatoms. The Morgan fingerprint density at radius 2 is 2.11 bits per heavy atom. The highest BCUT2D eigenvalue weighted by molar-refractivity contribution is 6.00. The number of carbonyl (C=O) groups excluding carboxylic acids is 1. The van der Waals surface area contributed by atoms with Crippen LogP contribution in [-0.2, 0) is 4.79 Å². The van der Waals surface area contributed by atoms with Crippen LogP contribution in [0.4, 0.5) is 0 Å². The van der Waals surface area contributed by atoms with Crippen LogP contribution >= 0.6 is 0 Å². The fourth-order valence-corrected chi connectivity index (χ4v) is 4.07. The number of benzene rings is 1. The van der Waals surface area contributed by atoms with Gasteiger partial charge < -0.3 is 20.3 Å². The van der Waals surface area contributed by atoms with Gasteiger partial charge in [-0.2, -0.15) is 0 Å². The van der Waals surface area contributed by atoms with Crippen molar-refractivity contribution < 1.29 is 9.53 Å². The molecule has 1 aromatic rings. The van der Waals surface area contributed by atoms with E-state index in [1.807, 2.05) is 18.2 Å². The Labute approximate surface area is 168 Å². The molecule has 0 aliphatic carbocycles. The van der Waals surface area contributed by atoms with E-state index in [1.165, 1.54) is 5.56 Å². The van der Waals surface area contributed by atoms with Gasteiger partial charge in [0.1, 0.15) is 5.75 Å². The molecule has 1 saturated heterocycles. The molecule has 2 heterocycles. The number of carbonyl (C=O) groups is 1. The zero-order valence-corrected chi connectivity index (χ0v) is 17.1. The third kappa shape index (κ3) is 4.47. The molecule has 0 saturated carbocycles. The van der Waals surface area contributed by atoms with E-state index >= 15 is 0 Å². The van der Waals surface area contributed by atoms with Crippen LogP contribution in [0.5, 0.6) is 5.75 Å². The monoisotopic (exact) mass is 381 g/mol. The summed E-state index contributed by atoms with van der Waals surface area (Å²) in [4.78, 5) is 14.3. The number of methoxy groups -OCH3 is 1. The second-order valence-electron chi connectivity index (χ2n) is 7.62. The molecule has 0 aromatic heterocycles. The van der Waals surface area contributed by atoms with E-state index in [0.29, 0.717) is 18.4 Å². The zero-order chi connectivity index (χ0) is 20.1. The van der Waals surface area contributed by atoms with E-state index in [-0.39, 0.29) is 5.91 Å². The van der Waals surface area contributed by atoms with Crippen molar-refractivity contribution >= 4 is 5.91 Å². The summed E-state index contributed by atoms with van der Waals surface area (Å²) in [7, 11) is 3.80. The van der Waals surface area contributed by atoms with Gasteiger partial charge in [0.15, 0.2) is 0 Å². The number of piperidine rings is 1. The summed E-state index contributed by atoms with van der Waals surface area (Å²) in [5.41, 5.74) is 4.15. The molecule has 2 N–H and O–H groups in total. The van der Waals surface area contributed by atoms with Crippen molar-refractivity contribution in [3.8, 4) is 5.75 Å². The van der Waals surface area contributed by atoms with E-state index in [2.05, 4.69) is 48.2 Å². The predicted octanol–water partition coefficient (Wildman–Crippen LogP) is 2.84. The first-order chi connectivity index (χ1) is 13.5. The minimum atomic E-state index is -0.0157. The highest BCUT2D eigenvalue weighted by atomic mass is 16.5. The van der Waals surface area contributed by atoms with Crippen LogP contribution in [0.3, 0.4) is 0 Å². The largest absolute Gasteiger partial charge is 0.497 e. The summed E-state index contributed by atoms with van der Waals surface area (Å²) in [5.74, 6) is 1.89. The summed E-state index contributed by atoms with van der Waals surface area (Å²) in [5, 5.41) is 6.41. The second kappa shape index (κ2) is 9.11. The summed E-state index contributed by atoms with van der Waals surface area (Å²) < 4.78 is 5.30. The topological polar surface area (TPSA) is 53.6 Å². The molecule has 0 radical (unpaired) electrons. The lowest BCUT2D eigenvalue weighted by atomic mass is 9.81. The van der Waals surface area contributed by atoms with Crippen LogP contribution < -0.4 is 15.4 Å². The minimum absolute atomic E-state index is 0.0157. The summed E-state index contributed by atoms with van der Waals surface area (Å²) in [6, 6.07) is 8.47. The molecule has 2 aliphatic rings. The normalized spacial score (nSPS) is 22.8. The molecule has 2 atom stereocenters. The molecule has 3 rings (SSSR count). The van der Waals surface area contributed by atoms with Gasteiger partial charge in [0.05, 0.1) is 7.11 Å². The molecule has 5 nitrogen and oxygen atoms in total. The third-order valence-electron chi connectivity index (χ3n) is 5.89. The number of hydrogen-bond acceptors (Lipinski definition) is 4. The number of nitrogens with zero attached hydrogens (tertiary/aromatic N) is 1. The fourth-order valence-electron chi connectivity index (χ4n) is 4.07. The Morgan fingerprint density at radius 3 is 2.79 bits per heavy atom. The van der Waals surface area contributed by atoms with E-state index in [1.54, 1.807) is 13.2 Å². The van der Waals surface area contributed by atoms with Gasteiger partial charge in [0.25, 0.3) is 5.91 Å². The van der Waals surface area contributed by atoms with Crippen molar-refractivity contribution in [1.82, 2.24) is 15.5 Å². The number of ether oxygens (including phenoxy) is 1. The number of allylic oxidation sites excluding steroid dienone is 1. The SMILES string of the molecule is C=CC1=C(/C=C(\C)N(C)C[C@@H]2CNCC[C@H]2c2ccc(OC)cc2)C(=O)NC1. The van der Waals surface area contributed by atoms with Crippen molar-refractivity contribution in [1.29, 1.82) is 0 Å². The highest BCUT2D eigenvalue weighted by Crippen LogP contribution is 2.32. The van der Waals surface area contributed by atoms with E-state index in [9.17, 15) is 4.79 Å². The zero-order valence-electron chi connectivity index (χ0n) is 17.1. The van der Waals surface area contributed by atoms with Gasteiger partial charge in [-0.05, 0) is 61.1 Å². The third-order valence-corrected chi connectivity index (χ3v) is 5.89. The number of hydrogen-bond donors (Lipinski definition) is 2. The molecule has 0 bridgehead atoms. The maximum absolute atomic E-state index is 12.1. The lowest BCUT2D eigenvalue weighted by Crippen LogP contribution is -2.41. The van der Waals surface area contributed by atoms with E-state index in [0.717, 1.165) is 48.6 Å². The Morgan fingerprint density at radius 1 is 1.36 bits per heavy atom. The quantitative estimate of drug-likeness (QED) is 0.763. The van der Waals surface area contributed by atoms with Crippen LogP contribution in [0.15, 0.2) is 59.8 Å². The van der Waals surface area contributed by atoms with Gasteiger partial charge in [0.2, 0.25) is 0 Å². The molecule has 2 aliphatic heterocycles. The van der Waals surface area contributed by atoms with Crippen molar-refractivity contribution in [3.05, 3.63) is 65.4 Å². The molecular weight excluding hydrogens is 350 g/mol. The van der Waals surface area contributed by atoms with Crippen LogP contribution in [0, 0.1) is 5.92 Å². The second-order valence-corrected chi connectivity index (χ2v) is 7.62. The Hall–Kier alpha value is -2.53. The van der Waals surface area contributed by atoms with E-state index < -0.39 is 0 Å². The molecular formula is C23H31N3O2. The average molecular weight is 382 g/mol. The molecule has 0 spiro atoms. The van der Waals surface area contributed by atoms with Crippen LogP contribution in [0.2, 0.25) is 0 Å². The minimum Gasteiger partial charge on any atom is -0.497 e. The first kappa shape index (κ1) is 20.2. The molecule has 150 valence electrons. The summed E-state index contributed by atoms with van der Waals surface area (Å²) in [6.07, 6.45) is 4.88. The standard InChI is InChI=1S/C23H31N3O2/c1-5-17-14-25-23(27)22(17)12-16(2)26(3)15-19-13-24-11-10-21(19)18-6-8-20(28-4)9-7-18/h5-9,12,19,21,24H,1,10-11,13-15H2,2-4H3,(H,25,27)/b16-12+/t19-,21-/m0/s1. The lowest BCUT2D eigenvalue weighted by Gasteiger charge is -2.36. The summed E-state index contributed by atoms with van der Waals surface area (Å²) in [6.45, 7) is 9.43. The maximum Gasteiger partial charge on any atom is 0.251 e. The molecule has 0 unspecified atom stereocenters. The van der Waals surface area contributed by atoms with Crippen molar-refractivity contribution in [2.45, 2.75) is 19.3 Å². The summed E-state index contributed by atoms with van der Waals surface area (Å²) >= 11 is 0. The average Bonchev–Trinajstić information content (AvgIpc) is 3.08. The van der Waals surface area contributed by atoms with Gasteiger partial charge in [-0.3, -0.25) is 4.79 Å². The number of rotatable bonds is 7. The van der Waals surface area contributed by atoms with Crippen molar-refractivity contribution in [3.63, 3.8) is 0 Å². The Balaban J connectivity index is 1.73. The first-order valence-corrected chi connectivity index (χ1v) is 9.91. The predicted molar refractivity (Wildman–Crippen MR) is 113 cm³/mol. The number of amides is 1. The Kier molecular flexibility index (Phi) is 6.57. The van der Waals surface area contributed by atoms with Crippen LogP contribution in [-0.4, -0.2) is 51.1 Å².